The summed E-state index contributed by atoms with van der Waals surface area (Å²) < 4.78 is 0. The summed E-state index contributed by atoms with van der Waals surface area (Å²) in [4.78, 5) is 21.8. The number of aromatic nitrogens is 1. The van der Waals surface area contributed by atoms with Crippen molar-refractivity contribution < 1.29 is 9.90 Å². The number of likely N-dealkylation sites (tertiary alicyclic amines) is 2. The van der Waals surface area contributed by atoms with E-state index in [1.165, 1.54) is 16.9 Å². The summed E-state index contributed by atoms with van der Waals surface area (Å²) in [5.41, 5.74) is 3.11. The zero-order valence-corrected chi connectivity index (χ0v) is 18.1. The van der Waals surface area contributed by atoms with Crippen molar-refractivity contribution in [1.82, 2.24) is 20.1 Å². The highest BCUT2D eigenvalue weighted by atomic mass is 32.1. The van der Waals surface area contributed by atoms with Gasteiger partial charge in [-0.2, -0.15) is 0 Å². The molecule has 3 aliphatic rings. The Balaban J connectivity index is 1.12. The van der Waals surface area contributed by atoms with Crippen molar-refractivity contribution in [2.75, 3.05) is 26.2 Å². The van der Waals surface area contributed by atoms with E-state index >= 15 is 0 Å². The fraction of sp³-hybridized carbons (Fsp3) is 0.565. The first-order chi connectivity index (χ1) is 14.6. The number of carboxylic acid groups (broad SMARTS) is 1. The molecule has 1 aromatic heterocycles. The number of carbonyl (C=O) groups is 1. The second kappa shape index (κ2) is 8.38. The smallest absolute Gasteiger partial charge is 0.305 e. The fourth-order valence-electron chi connectivity index (χ4n) is 5.41. The summed E-state index contributed by atoms with van der Waals surface area (Å²) in [5.74, 6) is -0.0223. The molecule has 2 N–H and O–H groups in total. The summed E-state index contributed by atoms with van der Waals surface area (Å²) in [6.07, 6.45) is 5.60. The number of rotatable bonds is 8. The molecular formula is C23H30N4O2S. The predicted molar refractivity (Wildman–Crippen MR) is 118 cm³/mol. The van der Waals surface area contributed by atoms with Gasteiger partial charge in [-0.3, -0.25) is 19.6 Å². The van der Waals surface area contributed by atoms with Crippen molar-refractivity contribution in [3.8, 4) is 0 Å². The lowest BCUT2D eigenvalue weighted by molar-refractivity contribution is -0.147. The van der Waals surface area contributed by atoms with Crippen molar-refractivity contribution in [2.24, 2.45) is 0 Å². The normalized spacial score (nSPS) is 26.9. The van der Waals surface area contributed by atoms with Crippen LogP contribution in [0.25, 0.3) is 0 Å². The number of aliphatic carboxylic acids is 1. The monoisotopic (exact) mass is 426 g/mol. The van der Waals surface area contributed by atoms with E-state index in [-0.39, 0.29) is 12.0 Å². The molecule has 1 aromatic carbocycles. The topological polar surface area (TPSA) is 68.7 Å². The molecule has 1 aliphatic carbocycles. The largest absolute Gasteiger partial charge is 0.481 e. The minimum Gasteiger partial charge on any atom is -0.481 e. The van der Waals surface area contributed by atoms with Crippen molar-refractivity contribution in [1.29, 1.82) is 0 Å². The van der Waals surface area contributed by atoms with E-state index < -0.39 is 5.97 Å². The van der Waals surface area contributed by atoms with Crippen LogP contribution in [0.5, 0.6) is 0 Å². The molecule has 2 aromatic rings. The van der Waals surface area contributed by atoms with Gasteiger partial charge in [0.1, 0.15) is 0 Å². The fourth-order valence-corrected chi connectivity index (χ4v) is 6.05. The molecule has 30 heavy (non-hydrogen) atoms. The van der Waals surface area contributed by atoms with Gasteiger partial charge >= 0.3 is 5.97 Å². The zero-order chi connectivity index (χ0) is 20.6. The lowest BCUT2D eigenvalue weighted by Gasteiger charge is -2.57. The SMILES string of the molecule is O=C(O)CC1(N2CCC(N[C@@H]3CC3c3ccccc3)CC2)CN(Cc2cncs2)C1. The van der Waals surface area contributed by atoms with Crippen LogP contribution in [0.4, 0.5) is 0 Å². The van der Waals surface area contributed by atoms with Gasteiger partial charge in [-0.25, -0.2) is 0 Å². The van der Waals surface area contributed by atoms with Gasteiger partial charge in [0.05, 0.1) is 17.5 Å². The third kappa shape index (κ3) is 4.30. The molecule has 160 valence electrons. The summed E-state index contributed by atoms with van der Waals surface area (Å²) in [6, 6.07) is 12.0. The first kappa shape index (κ1) is 20.1. The van der Waals surface area contributed by atoms with E-state index in [0.29, 0.717) is 18.0 Å². The molecule has 0 radical (unpaired) electrons. The molecule has 1 saturated carbocycles. The zero-order valence-electron chi connectivity index (χ0n) is 17.2. The van der Waals surface area contributed by atoms with Crippen LogP contribution >= 0.6 is 11.3 Å². The average molecular weight is 427 g/mol. The summed E-state index contributed by atoms with van der Waals surface area (Å²) >= 11 is 1.67. The number of hydrogen-bond acceptors (Lipinski definition) is 6. The molecule has 3 fully saturated rings. The lowest BCUT2D eigenvalue weighted by atomic mass is 9.82. The van der Waals surface area contributed by atoms with Gasteiger partial charge in [-0.15, -0.1) is 11.3 Å². The molecule has 2 atom stereocenters. The highest BCUT2D eigenvalue weighted by Crippen LogP contribution is 2.42. The molecule has 7 heteroatoms. The van der Waals surface area contributed by atoms with E-state index in [2.05, 4.69) is 50.4 Å². The molecule has 2 saturated heterocycles. The summed E-state index contributed by atoms with van der Waals surface area (Å²) in [6.45, 7) is 4.54. The number of benzene rings is 1. The van der Waals surface area contributed by atoms with Gasteiger partial charge < -0.3 is 10.4 Å². The van der Waals surface area contributed by atoms with Crippen LogP contribution in [-0.2, 0) is 11.3 Å². The van der Waals surface area contributed by atoms with Gasteiger partial charge in [-0.1, -0.05) is 30.3 Å². The van der Waals surface area contributed by atoms with Crippen LogP contribution in [0.2, 0.25) is 0 Å². The maximum absolute atomic E-state index is 11.6. The number of hydrogen-bond donors (Lipinski definition) is 2. The third-order valence-corrected chi connectivity index (χ3v) is 7.78. The number of piperidine rings is 1. The third-order valence-electron chi connectivity index (χ3n) is 7.01. The van der Waals surface area contributed by atoms with E-state index in [4.69, 9.17) is 0 Å². The highest BCUT2D eigenvalue weighted by molar-refractivity contribution is 7.09. The van der Waals surface area contributed by atoms with Crippen molar-refractivity contribution in [3.05, 3.63) is 52.5 Å². The Labute approximate surface area is 181 Å². The van der Waals surface area contributed by atoms with E-state index in [9.17, 15) is 9.90 Å². The summed E-state index contributed by atoms with van der Waals surface area (Å²) in [7, 11) is 0. The summed E-state index contributed by atoms with van der Waals surface area (Å²) in [5, 5.41) is 13.4. The maximum Gasteiger partial charge on any atom is 0.305 e. The van der Waals surface area contributed by atoms with Gasteiger partial charge in [-0.05, 0) is 24.8 Å². The molecular weight excluding hydrogens is 396 g/mol. The number of nitrogens with one attached hydrogen (secondary N) is 1. The lowest BCUT2D eigenvalue weighted by Crippen LogP contribution is -2.71. The maximum atomic E-state index is 11.6. The Morgan fingerprint density at radius 1 is 1.23 bits per heavy atom. The molecule has 0 amide bonds. The van der Waals surface area contributed by atoms with Crippen LogP contribution in [0.1, 0.15) is 42.0 Å². The van der Waals surface area contributed by atoms with Gasteiger partial charge in [0, 0.05) is 61.8 Å². The highest BCUT2D eigenvalue weighted by Gasteiger charge is 2.50. The van der Waals surface area contributed by atoms with Crippen molar-refractivity contribution in [2.45, 2.75) is 55.8 Å². The first-order valence-corrected chi connectivity index (χ1v) is 11.9. The Hall–Kier alpha value is -1.80. The molecule has 6 nitrogen and oxygen atoms in total. The van der Waals surface area contributed by atoms with Gasteiger partial charge in [0.25, 0.3) is 0 Å². The Morgan fingerprint density at radius 3 is 2.67 bits per heavy atom. The quantitative estimate of drug-likeness (QED) is 0.677. The number of carboxylic acids is 1. The number of thiazole rings is 1. The van der Waals surface area contributed by atoms with Gasteiger partial charge in [0.15, 0.2) is 0 Å². The average Bonchev–Trinajstić information content (AvgIpc) is 3.29. The standard InChI is InChI=1S/C23H30N4O2S/c28-22(29)11-23(14-26(15-23)13-19-12-24-16-30-19)27-8-6-18(7-9-27)25-21-10-20(21)17-4-2-1-3-5-17/h1-5,12,16,18,20-21,25H,6-11,13-15H2,(H,28,29)/t20?,21-/m1/s1. The second-order valence-electron chi connectivity index (χ2n) is 9.20. The van der Waals surface area contributed by atoms with Crippen LogP contribution in [0.15, 0.2) is 42.0 Å². The van der Waals surface area contributed by atoms with Crippen LogP contribution in [0, 0.1) is 0 Å². The molecule has 0 bridgehead atoms. The van der Waals surface area contributed by atoms with Crippen LogP contribution < -0.4 is 5.32 Å². The van der Waals surface area contributed by atoms with Gasteiger partial charge in [0.2, 0.25) is 0 Å². The van der Waals surface area contributed by atoms with Crippen LogP contribution in [0.3, 0.4) is 0 Å². The number of nitrogens with zero attached hydrogens (tertiary/aromatic N) is 3. The second-order valence-corrected chi connectivity index (χ2v) is 10.2. The minimum absolute atomic E-state index is 0.201. The minimum atomic E-state index is -0.684. The van der Waals surface area contributed by atoms with Crippen molar-refractivity contribution >= 4 is 17.3 Å². The van der Waals surface area contributed by atoms with E-state index in [1.54, 1.807) is 11.3 Å². The molecule has 0 spiro atoms. The Bertz CT molecular complexity index is 845. The molecule has 5 rings (SSSR count). The Kier molecular flexibility index (Phi) is 5.62. The van der Waals surface area contributed by atoms with E-state index in [1.807, 2.05) is 11.7 Å². The Morgan fingerprint density at radius 2 is 2.00 bits per heavy atom. The van der Waals surface area contributed by atoms with E-state index in [0.717, 1.165) is 45.6 Å². The molecule has 3 heterocycles. The van der Waals surface area contributed by atoms with Crippen molar-refractivity contribution in [3.63, 3.8) is 0 Å². The first-order valence-electron chi connectivity index (χ1n) is 11.0. The van der Waals surface area contributed by atoms with Crippen LogP contribution in [-0.4, -0.2) is 69.7 Å². The molecule has 2 aliphatic heterocycles. The molecule has 1 unspecified atom stereocenters. The predicted octanol–water partition coefficient (Wildman–Crippen LogP) is 2.78.